The van der Waals surface area contributed by atoms with E-state index in [1.54, 1.807) is 18.2 Å². The summed E-state index contributed by atoms with van der Waals surface area (Å²) in [6.45, 7) is 0.733. The number of sulfonamides is 1. The summed E-state index contributed by atoms with van der Waals surface area (Å²) in [6, 6.07) is 8.16. The lowest BCUT2D eigenvalue weighted by atomic mass is 10.2. The van der Waals surface area contributed by atoms with Crippen LogP contribution in [0.5, 0.6) is 0 Å². The van der Waals surface area contributed by atoms with E-state index in [9.17, 15) is 16.8 Å². The van der Waals surface area contributed by atoms with Gasteiger partial charge in [0.05, 0.1) is 16.4 Å². The average molecular weight is 332 g/mol. The Balaban J connectivity index is 1.84. The predicted molar refractivity (Wildman–Crippen MR) is 81.3 cm³/mol. The van der Waals surface area contributed by atoms with Crippen LogP contribution >= 0.6 is 0 Å². The maximum atomic E-state index is 12.0. The van der Waals surface area contributed by atoms with E-state index in [2.05, 4.69) is 4.72 Å². The molecular weight excluding hydrogens is 312 g/mol. The predicted octanol–water partition coefficient (Wildman–Crippen LogP) is 0.0838. The maximum Gasteiger partial charge on any atom is 0.240 e. The first-order chi connectivity index (χ1) is 9.80. The van der Waals surface area contributed by atoms with Gasteiger partial charge >= 0.3 is 0 Å². The molecule has 0 radical (unpaired) electrons. The quantitative estimate of drug-likeness (QED) is 0.798. The molecule has 1 fully saturated rings. The number of likely N-dealkylation sites (N-methyl/N-ethyl adjacent to an activating group) is 1. The zero-order chi connectivity index (χ0) is 15.5. The number of hydrogen-bond donors (Lipinski definition) is 1. The van der Waals surface area contributed by atoms with E-state index in [0.29, 0.717) is 13.0 Å². The largest absolute Gasteiger partial charge is 0.301 e. The molecule has 6 nitrogen and oxygen atoms in total. The van der Waals surface area contributed by atoms with Crippen LogP contribution in [0.3, 0.4) is 0 Å². The van der Waals surface area contributed by atoms with Crippen LogP contribution in [0, 0.1) is 0 Å². The van der Waals surface area contributed by atoms with Crippen LogP contribution in [-0.2, 0) is 19.9 Å². The van der Waals surface area contributed by atoms with Gasteiger partial charge in [0.2, 0.25) is 10.0 Å². The summed E-state index contributed by atoms with van der Waals surface area (Å²) >= 11 is 0. The van der Waals surface area contributed by atoms with Crippen LogP contribution in [0.1, 0.15) is 6.42 Å². The number of nitrogens with one attached hydrogen (secondary N) is 1. The van der Waals surface area contributed by atoms with Gasteiger partial charge in [-0.25, -0.2) is 21.6 Å². The van der Waals surface area contributed by atoms with Gasteiger partial charge in [-0.2, -0.15) is 0 Å². The van der Waals surface area contributed by atoms with E-state index < -0.39 is 19.9 Å². The molecule has 2 rings (SSSR count). The second-order valence-corrected chi connectivity index (χ2v) is 9.24. The van der Waals surface area contributed by atoms with Crippen LogP contribution in [0.2, 0.25) is 0 Å². The lowest BCUT2D eigenvalue weighted by Gasteiger charge is -2.22. The molecular formula is C13H20N2O4S2. The van der Waals surface area contributed by atoms with Gasteiger partial charge in [-0.15, -0.1) is 0 Å². The van der Waals surface area contributed by atoms with Crippen molar-refractivity contribution in [2.45, 2.75) is 17.4 Å². The molecule has 1 unspecified atom stereocenters. The van der Waals surface area contributed by atoms with Gasteiger partial charge in [0.1, 0.15) is 0 Å². The third kappa shape index (κ3) is 4.50. The van der Waals surface area contributed by atoms with E-state index in [0.717, 1.165) is 0 Å². The molecule has 1 N–H and O–H groups in total. The highest BCUT2D eigenvalue weighted by Gasteiger charge is 2.30. The zero-order valence-electron chi connectivity index (χ0n) is 11.9. The summed E-state index contributed by atoms with van der Waals surface area (Å²) in [7, 11) is -4.59. The topological polar surface area (TPSA) is 83.6 Å². The number of sulfone groups is 1. The highest BCUT2D eigenvalue weighted by Crippen LogP contribution is 2.16. The van der Waals surface area contributed by atoms with E-state index in [1.165, 1.54) is 12.1 Å². The minimum absolute atomic E-state index is 0.0174. The summed E-state index contributed by atoms with van der Waals surface area (Å²) < 4.78 is 49.4. The molecule has 0 aromatic heterocycles. The molecule has 1 saturated heterocycles. The van der Waals surface area contributed by atoms with Crippen molar-refractivity contribution in [1.82, 2.24) is 9.62 Å². The van der Waals surface area contributed by atoms with E-state index in [-0.39, 0.29) is 29.0 Å². The lowest BCUT2D eigenvalue weighted by molar-refractivity contribution is 0.266. The summed E-state index contributed by atoms with van der Waals surface area (Å²) in [5.41, 5.74) is 0. The Morgan fingerprint density at radius 1 is 1.29 bits per heavy atom. The van der Waals surface area contributed by atoms with Gasteiger partial charge in [0.25, 0.3) is 0 Å². The van der Waals surface area contributed by atoms with E-state index in [1.807, 2.05) is 11.9 Å². The SMILES string of the molecule is CN(CCNS(=O)(=O)c1ccccc1)C1CCS(=O)(=O)C1. The van der Waals surface area contributed by atoms with Gasteiger partial charge in [-0.05, 0) is 25.6 Å². The molecule has 1 aromatic rings. The van der Waals surface area contributed by atoms with E-state index in [4.69, 9.17) is 0 Å². The van der Waals surface area contributed by atoms with Crippen molar-refractivity contribution in [1.29, 1.82) is 0 Å². The Labute approximate surface area is 126 Å². The van der Waals surface area contributed by atoms with Gasteiger partial charge in [-0.1, -0.05) is 18.2 Å². The van der Waals surface area contributed by atoms with Crippen LogP contribution in [-0.4, -0.2) is 59.4 Å². The number of benzene rings is 1. The third-order valence-electron chi connectivity index (χ3n) is 3.64. The number of rotatable bonds is 6. The molecule has 21 heavy (non-hydrogen) atoms. The first-order valence-electron chi connectivity index (χ1n) is 6.75. The lowest BCUT2D eigenvalue weighted by Crippen LogP contribution is -2.39. The highest BCUT2D eigenvalue weighted by atomic mass is 32.2. The molecule has 8 heteroatoms. The zero-order valence-corrected chi connectivity index (χ0v) is 13.5. The number of nitrogens with zero attached hydrogens (tertiary/aromatic N) is 1. The number of hydrogen-bond acceptors (Lipinski definition) is 5. The van der Waals surface area contributed by atoms with Crippen molar-refractivity contribution in [2.75, 3.05) is 31.6 Å². The minimum atomic E-state index is -3.50. The summed E-state index contributed by atoms with van der Waals surface area (Å²) in [6.07, 6.45) is 0.615. The van der Waals surface area contributed by atoms with Crippen molar-refractivity contribution in [3.8, 4) is 0 Å². The molecule has 0 amide bonds. The fraction of sp³-hybridized carbons (Fsp3) is 0.538. The van der Waals surface area contributed by atoms with Crippen molar-refractivity contribution >= 4 is 19.9 Å². The van der Waals surface area contributed by atoms with Crippen LogP contribution in [0.25, 0.3) is 0 Å². The standard InChI is InChI=1S/C13H20N2O4S2/c1-15(12-7-10-20(16,17)11-12)9-8-14-21(18,19)13-5-3-2-4-6-13/h2-6,12,14H,7-11H2,1H3. The van der Waals surface area contributed by atoms with Gasteiger partial charge in [-0.3, -0.25) is 0 Å². The second-order valence-electron chi connectivity index (χ2n) is 5.25. The Morgan fingerprint density at radius 3 is 2.52 bits per heavy atom. The van der Waals surface area contributed by atoms with Gasteiger partial charge < -0.3 is 4.90 Å². The molecule has 0 spiro atoms. The average Bonchev–Trinajstić information content (AvgIpc) is 2.80. The minimum Gasteiger partial charge on any atom is -0.301 e. The maximum absolute atomic E-state index is 12.0. The molecule has 0 bridgehead atoms. The monoisotopic (exact) mass is 332 g/mol. The molecule has 1 atom stereocenters. The molecule has 1 heterocycles. The molecule has 1 aliphatic heterocycles. The first-order valence-corrected chi connectivity index (χ1v) is 10.1. The fourth-order valence-electron chi connectivity index (χ4n) is 2.34. The molecule has 0 aliphatic carbocycles. The van der Waals surface area contributed by atoms with Crippen molar-refractivity contribution in [3.05, 3.63) is 30.3 Å². The molecule has 118 valence electrons. The molecule has 1 aromatic carbocycles. The van der Waals surface area contributed by atoms with E-state index >= 15 is 0 Å². The summed E-state index contributed by atoms with van der Waals surface area (Å²) in [5, 5.41) is 0. The summed E-state index contributed by atoms with van der Waals surface area (Å²) in [4.78, 5) is 2.13. The van der Waals surface area contributed by atoms with Crippen molar-refractivity contribution in [2.24, 2.45) is 0 Å². The molecule has 0 saturated carbocycles. The van der Waals surface area contributed by atoms with Crippen molar-refractivity contribution < 1.29 is 16.8 Å². The summed E-state index contributed by atoms with van der Waals surface area (Å²) in [5.74, 6) is 0.382. The van der Waals surface area contributed by atoms with Gasteiger partial charge in [0.15, 0.2) is 9.84 Å². The normalized spacial score (nSPS) is 21.7. The smallest absolute Gasteiger partial charge is 0.240 e. The second kappa shape index (κ2) is 6.43. The third-order valence-corrected chi connectivity index (χ3v) is 6.87. The Bertz CT molecular complexity index is 671. The first kappa shape index (κ1) is 16.4. The Hall–Kier alpha value is -0.960. The fourth-order valence-corrected chi connectivity index (χ4v) is 5.19. The highest BCUT2D eigenvalue weighted by molar-refractivity contribution is 7.91. The van der Waals surface area contributed by atoms with Crippen LogP contribution in [0.15, 0.2) is 35.2 Å². The van der Waals surface area contributed by atoms with Crippen molar-refractivity contribution in [3.63, 3.8) is 0 Å². The molecule has 1 aliphatic rings. The van der Waals surface area contributed by atoms with Gasteiger partial charge in [0, 0.05) is 19.1 Å². The Kier molecular flexibility index (Phi) is 5.03. The van der Waals surface area contributed by atoms with Crippen LogP contribution in [0.4, 0.5) is 0 Å². The van der Waals surface area contributed by atoms with Crippen LogP contribution < -0.4 is 4.72 Å². The Morgan fingerprint density at radius 2 is 1.95 bits per heavy atom.